The molecule has 12 nitrogen and oxygen atoms in total. The molecule has 0 unspecified atom stereocenters. The zero-order valence-electron chi connectivity index (χ0n) is 22.7. The first-order valence-electron chi connectivity index (χ1n) is 13.2. The quantitative estimate of drug-likeness (QED) is 0.139. The number of hydrazine groups is 1. The normalized spacial score (nSPS) is 22.5. The topological polar surface area (TPSA) is 165 Å². The van der Waals surface area contributed by atoms with E-state index in [0.717, 1.165) is 16.1 Å². The number of halogens is 3. The average molecular weight is 616 g/mol. The summed E-state index contributed by atoms with van der Waals surface area (Å²) in [6, 6.07) is -3.75. The van der Waals surface area contributed by atoms with E-state index >= 15 is 0 Å². The monoisotopic (exact) mass is 615 g/mol. The van der Waals surface area contributed by atoms with Crippen LogP contribution in [0.1, 0.15) is 51.9 Å². The number of hydrogen-bond acceptors (Lipinski definition) is 8. The van der Waals surface area contributed by atoms with Gasteiger partial charge in [-0.05, 0) is 39.0 Å². The van der Waals surface area contributed by atoms with Crippen molar-refractivity contribution in [1.82, 2.24) is 26.0 Å². The molecule has 0 saturated carbocycles. The predicted octanol–water partition coefficient (Wildman–Crippen LogP) is 1.12. The number of nitrogens with one attached hydrogen (secondary N) is 3. The standard InChI is InChI=1S/C26H32F3N5O7S/c1-14(30-12-15-4-6-16(7-5-15)26(27,28)29)22(42)24(40)32-18-8-9-20(36)33-10-2-3-19(34(33)25(18)41)23(39)31-17(13-35)11-21(37)38/h4,6,13,17-19,30,42H,2-3,5,7-12H2,1H3,(H,31,39)(H,32,40)(H,37,38)/b22-14-/t17-,18-,19-/m0/s1. The first kappa shape index (κ1) is 32.7. The number of nitrogens with zero attached hydrogens (tertiary/aromatic N) is 2. The maximum absolute atomic E-state index is 13.6. The molecule has 230 valence electrons. The maximum atomic E-state index is 13.6. The number of amides is 4. The van der Waals surface area contributed by atoms with E-state index in [4.69, 9.17) is 5.11 Å². The lowest BCUT2D eigenvalue weighted by Gasteiger charge is -2.43. The van der Waals surface area contributed by atoms with Crippen LogP contribution in [0.15, 0.2) is 33.9 Å². The summed E-state index contributed by atoms with van der Waals surface area (Å²) >= 11 is 4.24. The number of carbonyl (C=O) groups excluding carboxylic acids is 5. The van der Waals surface area contributed by atoms with Gasteiger partial charge in [-0.25, -0.2) is 5.01 Å². The Morgan fingerprint density at radius 1 is 1.17 bits per heavy atom. The van der Waals surface area contributed by atoms with Gasteiger partial charge in [-0.1, -0.05) is 17.7 Å². The van der Waals surface area contributed by atoms with E-state index in [-0.39, 0.29) is 56.4 Å². The molecule has 1 aliphatic carbocycles. The number of rotatable bonds is 10. The fourth-order valence-electron chi connectivity index (χ4n) is 4.80. The van der Waals surface area contributed by atoms with E-state index < -0.39 is 65.9 Å². The number of carboxylic acid groups (broad SMARTS) is 1. The van der Waals surface area contributed by atoms with Gasteiger partial charge < -0.3 is 25.9 Å². The minimum atomic E-state index is -4.38. The van der Waals surface area contributed by atoms with Crippen LogP contribution in [0, 0.1) is 0 Å². The molecule has 4 amide bonds. The van der Waals surface area contributed by atoms with Gasteiger partial charge in [0.05, 0.1) is 17.4 Å². The van der Waals surface area contributed by atoms with Crippen LogP contribution in [0.4, 0.5) is 13.2 Å². The highest BCUT2D eigenvalue weighted by Gasteiger charge is 2.45. The predicted molar refractivity (Wildman–Crippen MR) is 144 cm³/mol. The summed E-state index contributed by atoms with van der Waals surface area (Å²) in [7, 11) is 0. The van der Waals surface area contributed by atoms with Gasteiger partial charge in [0.2, 0.25) is 11.8 Å². The molecule has 4 N–H and O–H groups in total. The number of thiol groups is 1. The van der Waals surface area contributed by atoms with Crippen molar-refractivity contribution < 1.29 is 47.0 Å². The molecule has 0 aromatic heterocycles. The van der Waals surface area contributed by atoms with E-state index in [9.17, 15) is 41.9 Å². The number of alkyl halides is 3. The Bertz CT molecular complexity index is 1230. The van der Waals surface area contributed by atoms with Gasteiger partial charge in [-0.15, -0.1) is 12.6 Å². The van der Waals surface area contributed by atoms with E-state index in [1.807, 2.05) is 0 Å². The zero-order chi connectivity index (χ0) is 31.2. The zero-order valence-corrected chi connectivity index (χ0v) is 23.6. The highest BCUT2D eigenvalue weighted by atomic mass is 32.1. The third-order valence-corrected chi connectivity index (χ3v) is 7.65. The number of allylic oxidation sites excluding steroid dienone is 4. The fraction of sp³-hybridized carbons (Fsp3) is 0.538. The summed E-state index contributed by atoms with van der Waals surface area (Å²) in [4.78, 5) is 74.5. The minimum absolute atomic E-state index is 0.0605. The number of carbonyl (C=O) groups is 6. The lowest BCUT2D eigenvalue weighted by molar-refractivity contribution is -0.176. The molecule has 16 heteroatoms. The van der Waals surface area contributed by atoms with Crippen molar-refractivity contribution in [1.29, 1.82) is 0 Å². The lowest BCUT2D eigenvalue weighted by atomic mass is 9.98. The Labute approximate surface area is 244 Å². The molecule has 2 fully saturated rings. The number of aldehydes is 1. The fourth-order valence-corrected chi connectivity index (χ4v) is 4.94. The molecule has 3 rings (SSSR count). The molecule has 0 aromatic rings. The molecule has 2 heterocycles. The van der Waals surface area contributed by atoms with Crippen LogP contribution in [-0.4, -0.2) is 88.4 Å². The van der Waals surface area contributed by atoms with Crippen molar-refractivity contribution in [3.8, 4) is 0 Å². The Balaban J connectivity index is 1.70. The third kappa shape index (κ3) is 8.14. The summed E-state index contributed by atoms with van der Waals surface area (Å²) in [5.74, 6) is -4.06. The lowest BCUT2D eigenvalue weighted by Crippen LogP contribution is -2.64. The van der Waals surface area contributed by atoms with Crippen molar-refractivity contribution in [3.05, 3.63) is 33.9 Å². The average Bonchev–Trinajstić information content (AvgIpc) is 3.06. The van der Waals surface area contributed by atoms with Crippen molar-refractivity contribution in [2.75, 3.05) is 13.1 Å². The number of aliphatic carboxylic acids is 1. The van der Waals surface area contributed by atoms with Crippen LogP contribution in [0.5, 0.6) is 0 Å². The van der Waals surface area contributed by atoms with E-state index in [2.05, 4.69) is 28.6 Å². The van der Waals surface area contributed by atoms with Crippen LogP contribution in [0.2, 0.25) is 0 Å². The van der Waals surface area contributed by atoms with E-state index in [0.29, 0.717) is 17.7 Å². The highest BCUT2D eigenvalue weighted by molar-refractivity contribution is 7.85. The van der Waals surface area contributed by atoms with Crippen molar-refractivity contribution in [3.63, 3.8) is 0 Å². The van der Waals surface area contributed by atoms with E-state index in [1.54, 1.807) is 0 Å². The number of fused-ring (bicyclic) bond motifs is 1. The third-order valence-electron chi connectivity index (χ3n) is 7.11. The largest absolute Gasteiger partial charge is 0.481 e. The second-order valence-corrected chi connectivity index (χ2v) is 10.6. The molecule has 0 radical (unpaired) electrons. The van der Waals surface area contributed by atoms with E-state index in [1.165, 1.54) is 13.0 Å². The second-order valence-electron chi connectivity index (χ2n) is 10.1. The van der Waals surface area contributed by atoms with Crippen molar-refractivity contribution >= 4 is 48.5 Å². The first-order chi connectivity index (χ1) is 19.7. The molecule has 2 aliphatic heterocycles. The highest BCUT2D eigenvalue weighted by Crippen LogP contribution is 2.32. The van der Waals surface area contributed by atoms with Gasteiger partial charge >= 0.3 is 12.1 Å². The molecular formula is C26H32F3N5O7S. The summed E-state index contributed by atoms with van der Waals surface area (Å²) in [5.41, 5.74) is 0.376. The van der Waals surface area contributed by atoms with Crippen LogP contribution in [-0.2, 0) is 28.8 Å². The summed E-state index contributed by atoms with van der Waals surface area (Å²) < 4.78 is 38.5. The van der Waals surface area contributed by atoms with Crippen molar-refractivity contribution in [2.45, 2.75) is 76.2 Å². The van der Waals surface area contributed by atoms with Gasteiger partial charge in [-0.3, -0.25) is 29.0 Å². The molecule has 42 heavy (non-hydrogen) atoms. The molecular weight excluding hydrogens is 583 g/mol. The van der Waals surface area contributed by atoms with Crippen LogP contribution < -0.4 is 16.0 Å². The van der Waals surface area contributed by atoms with Gasteiger partial charge in [0.25, 0.3) is 11.8 Å². The van der Waals surface area contributed by atoms with Crippen LogP contribution >= 0.6 is 12.6 Å². The molecule has 0 aromatic carbocycles. The molecule has 0 bridgehead atoms. The summed E-state index contributed by atoms with van der Waals surface area (Å²) in [6.07, 6.45) is -2.00. The molecule has 3 atom stereocenters. The SMILES string of the molecule is C/C(NCC1=CC=C(C(F)(F)F)CC1)=C(/S)C(=O)N[C@H]1CCC(=O)N2CCC[C@@H](C(=O)N[C@H](C=O)CC(=O)O)N2C1=O. The van der Waals surface area contributed by atoms with Crippen molar-refractivity contribution in [2.24, 2.45) is 0 Å². The van der Waals surface area contributed by atoms with Gasteiger partial charge in [0.1, 0.15) is 18.4 Å². The van der Waals surface area contributed by atoms with Crippen LogP contribution in [0.3, 0.4) is 0 Å². The molecule has 2 saturated heterocycles. The van der Waals surface area contributed by atoms with Gasteiger partial charge in [-0.2, -0.15) is 13.2 Å². The smallest absolute Gasteiger partial charge is 0.412 e. The Morgan fingerprint density at radius 2 is 1.88 bits per heavy atom. The van der Waals surface area contributed by atoms with Gasteiger partial charge in [0.15, 0.2) is 0 Å². The first-order valence-corrected chi connectivity index (χ1v) is 13.7. The Hall–Kier alpha value is -3.82. The summed E-state index contributed by atoms with van der Waals surface area (Å²) in [5, 5.41) is 18.8. The minimum Gasteiger partial charge on any atom is -0.481 e. The van der Waals surface area contributed by atoms with Crippen LogP contribution in [0.25, 0.3) is 0 Å². The molecule has 3 aliphatic rings. The maximum Gasteiger partial charge on any atom is 0.412 e. The molecule has 0 spiro atoms. The second kappa shape index (κ2) is 13.9. The number of carboxylic acids is 1. The Kier molecular flexibility index (Phi) is 10.8. The van der Waals surface area contributed by atoms with Gasteiger partial charge in [0, 0.05) is 30.8 Å². The summed E-state index contributed by atoms with van der Waals surface area (Å²) in [6.45, 7) is 1.86. The Morgan fingerprint density at radius 3 is 2.48 bits per heavy atom. The number of hydrogen-bond donors (Lipinski definition) is 5.